The monoisotopic (exact) mass is 184 g/mol. The third-order valence-electron chi connectivity index (χ3n) is 3.21. The Morgan fingerprint density at radius 1 is 1.46 bits per heavy atom. The zero-order valence-corrected chi connectivity index (χ0v) is 9.34. The normalized spacial score (nSPS) is 27.5. The predicted octanol–water partition coefficient (Wildman–Crippen LogP) is 1.86. The molecule has 1 fully saturated rings. The summed E-state index contributed by atoms with van der Waals surface area (Å²) in [5.74, 6) is 0. The van der Waals surface area contributed by atoms with Crippen LogP contribution in [0, 0.1) is 0 Å². The van der Waals surface area contributed by atoms with Crippen molar-refractivity contribution < 1.29 is 0 Å². The lowest BCUT2D eigenvalue weighted by atomic mass is 9.96. The maximum absolute atomic E-state index is 3.38. The number of piperidine rings is 1. The van der Waals surface area contributed by atoms with E-state index in [0.29, 0.717) is 6.04 Å². The molecule has 0 bridgehead atoms. The van der Waals surface area contributed by atoms with E-state index in [1.807, 2.05) is 0 Å². The highest BCUT2D eigenvalue weighted by molar-refractivity contribution is 4.83. The second-order valence-electron chi connectivity index (χ2n) is 4.18. The van der Waals surface area contributed by atoms with E-state index in [9.17, 15) is 0 Å². The molecule has 0 spiro atoms. The van der Waals surface area contributed by atoms with Gasteiger partial charge in [-0.3, -0.25) is 4.90 Å². The Labute approximate surface area is 82.7 Å². The summed E-state index contributed by atoms with van der Waals surface area (Å²) in [4.78, 5) is 2.66. The molecule has 1 aliphatic rings. The van der Waals surface area contributed by atoms with Crippen LogP contribution in [0.2, 0.25) is 0 Å². The Morgan fingerprint density at radius 3 is 2.85 bits per heavy atom. The molecular weight excluding hydrogens is 160 g/mol. The van der Waals surface area contributed by atoms with E-state index in [2.05, 4.69) is 31.1 Å². The van der Waals surface area contributed by atoms with Crippen LogP contribution in [0.1, 0.15) is 39.5 Å². The van der Waals surface area contributed by atoms with Crippen LogP contribution in [0.5, 0.6) is 0 Å². The molecule has 0 aromatic heterocycles. The van der Waals surface area contributed by atoms with Crippen LogP contribution in [-0.4, -0.2) is 37.1 Å². The van der Waals surface area contributed by atoms with E-state index < -0.39 is 0 Å². The van der Waals surface area contributed by atoms with Crippen LogP contribution in [0.25, 0.3) is 0 Å². The van der Waals surface area contributed by atoms with E-state index in [-0.39, 0.29) is 0 Å². The standard InChI is InChI=1S/C11H24N2/c1-4-8-13-9-6-5-7-11(13)10(2)12-3/h10-12H,4-9H2,1-3H3. The summed E-state index contributed by atoms with van der Waals surface area (Å²) in [6, 6.07) is 1.42. The first-order valence-corrected chi connectivity index (χ1v) is 5.71. The summed E-state index contributed by atoms with van der Waals surface area (Å²) >= 11 is 0. The number of hydrogen-bond acceptors (Lipinski definition) is 2. The zero-order valence-electron chi connectivity index (χ0n) is 9.34. The van der Waals surface area contributed by atoms with Gasteiger partial charge in [-0.1, -0.05) is 13.3 Å². The molecule has 1 heterocycles. The minimum Gasteiger partial charge on any atom is -0.316 e. The summed E-state index contributed by atoms with van der Waals surface area (Å²) in [5.41, 5.74) is 0. The van der Waals surface area contributed by atoms with E-state index >= 15 is 0 Å². The second-order valence-corrected chi connectivity index (χ2v) is 4.18. The first-order chi connectivity index (χ1) is 6.29. The lowest BCUT2D eigenvalue weighted by Gasteiger charge is -2.39. The molecule has 0 aromatic rings. The fraction of sp³-hybridized carbons (Fsp3) is 1.00. The van der Waals surface area contributed by atoms with Gasteiger partial charge in [-0.05, 0) is 46.3 Å². The van der Waals surface area contributed by atoms with Gasteiger partial charge in [0.1, 0.15) is 0 Å². The molecule has 2 unspecified atom stereocenters. The fourth-order valence-corrected chi connectivity index (χ4v) is 2.34. The van der Waals surface area contributed by atoms with Crippen molar-refractivity contribution >= 4 is 0 Å². The molecule has 78 valence electrons. The molecule has 0 radical (unpaired) electrons. The maximum atomic E-state index is 3.38. The van der Waals surface area contributed by atoms with Gasteiger partial charge in [0.25, 0.3) is 0 Å². The van der Waals surface area contributed by atoms with Crippen molar-refractivity contribution in [3.05, 3.63) is 0 Å². The van der Waals surface area contributed by atoms with Crippen molar-refractivity contribution in [1.82, 2.24) is 10.2 Å². The van der Waals surface area contributed by atoms with E-state index in [1.165, 1.54) is 38.8 Å². The molecule has 0 aliphatic carbocycles. The zero-order chi connectivity index (χ0) is 9.68. The average molecular weight is 184 g/mol. The fourth-order valence-electron chi connectivity index (χ4n) is 2.34. The van der Waals surface area contributed by atoms with E-state index in [1.54, 1.807) is 0 Å². The molecule has 0 amide bonds. The summed E-state index contributed by atoms with van der Waals surface area (Å²) in [7, 11) is 2.07. The van der Waals surface area contributed by atoms with Crippen LogP contribution in [0.3, 0.4) is 0 Å². The predicted molar refractivity (Wildman–Crippen MR) is 58.0 cm³/mol. The topological polar surface area (TPSA) is 15.3 Å². The molecule has 2 nitrogen and oxygen atoms in total. The molecular formula is C11H24N2. The Bertz CT molecular complexity index is 134. The third-order valence-corrected chi connectivity index (χ3v) is 3.21. The van der Waals surface area contributed by atoms with Gasteiger partial charge in [0.15, 0.2) is 0 Å². The summed E-state index contributed by atoms with van der Waals surface area (Å²) < 4.78 is 0. The smallest absolute Gasteiger partial charge is 0.0246 e. The lowest BCUT2D eigenvalue weighted by molar-refractivity contribution is 0.122. The Morgan fingerprint density at radius 2 is 2.23 bits per heavy atom. The average Bonchev–Trinajstić information content (AvgIpc) is 2.18. The number of hydrogen-bond donors (Lipinski definition) is 1. The highest BCUT2D eigenvalue weighted by Crippen LogP contribution is 2.19. The number of rotatable bonds is 4. The van der Waals surface area contributed by atoms with Crippen LogP contribution in [0.15, 0.2) is 0 Å². The first kappa shape index (κ1) is 11.0. The van der Waals surface area contributed by atoms with E-state index in [4.69, 9.17) is 0 Å². The van der Waals surface area contributed by atoms with Gasteiger partial charge in [-0.25, -0.2) is 0 Å². The number of likely N-dealkylation sites (N-methyl/N-ethyl adjacent to an activating group) is 1. The van der Waals surface area contributed by atoms with Gasteiger partial charge in [0.05, 0.1) is 0 Å². The van der Waals surface area contributed by atoms with Crippen LogP contribution in [0.4, 0.5) is 0 Å². The Balaban J connectivity index is 2.45. The summed E-state index contributed by atoms with van der Waals surface area (Å²) in [6.07, 6.45) is 5.47. The molecule has 13 heavy (non-hydrogen) atoms. The molecule has 1 saturated heterocycles. The van der Waals surface area contributed by atoms with Gasteiger partial charge in [0, 0.05) is 12.1 Å². The molecule has 1 aliphatic heterocycles. The Hall–Kier alpha value is -0.0800. The molecule has 1 N–H and O–H groups in total. The van der Waals surface area contributed by atoms with Crippen LogP contribution in [-0.2, 0) is 0 Å². The molecule has 0 saturated carbocycles. The second kappa shape index (κ2) is 5.61. The van der Waals surface area contributed by atoms with Crippen molar-refractivity contribution in [1.29, 1.82) is 0 Å². The molecule has 2 atom stereocenters. The van der Waals surface area contributed by atoms with Crippen LogP contribution >= 0.6 is 0 Å². The lowest BCUT2D eigenvalue weighted by Crippen LogP contribution is -2.50. The van der Waals surface area contributed by atoms with E-state index in [0.717, 1.165) is 6.04 Å². The largest absolute Gasteiger partial charge is 0.316 e. The first-order valence-electron chi connectivity index (χ1n) is 5.71. The van der Waals surface area contributed by atoms with Crippen LogP contribution < -0.4 is 5.32 Å². The van der Waals surface area contributed by atoms with Crippen molar-refractivity contribution in [3.8, 4) is 0 Å². The number of likely N-dealkylation sites (tertiary alicyclic amines) is 1. The van der Waals surface area contributed by atoms with Gasteiger partial charge in [0.2, 0.25) is 0 Å². The third kappa shape index (κ3) is 2.96. The maximum Gasteiger partial charge on any atom is 0.0246 e. The van der Waals surface area contributed by atoms with Crippen molar-refractivity contribution in [3.63, 3.8) is 0 Å². The van der Waals surface area contributed by atoms with Gasteiger partial charge < -0.3 is 5.32 Å². The molecule has 1 rings (SSSR count). The highest BCUT2D eigenvalue weighted by atomic mass is 15.2. The Kier molecular flexibility index (Phi) is 4.74. The SMILES string of the molecule is CCCN1CCCCC1C(C)NC. The minimum absolute atomic E-state index is 0.645. The summed E-state index contributed by atoms with van der Waals surface area (Å²) in [5, 5.41) is 3.38. The highest BCUT2D eigenvalue weighted by Gasteiger charge is 2.25. The van der Waals surface area contributed by atoms with Gasteiger partial charge in [-0.15, -0.1) is 0 Å². The molecule has 0 aromatic carbocycles. The number of nitrogens with zero attached hydrogens (tertiary/aromatic N) is 1. The van der Waals surface area contributed by atoms with Crippen molar-refractivity contribution in [2.45, 2.75) is 51.6 Å². The van der Waals surface area contributed by atoms with Crippen molar-refractivity contribution in [2.75, 3.05) is 20.1 Å². The van der Waals surface area contributed by atoms with Crippen molar-refractivity contribution in [2.24, 2.45) is 0 Å². The quantitative estimate of drug-likeness (QED) is 0.717. The molecule has 2 heteroatoms. The van der Waals surface area contributed by atoms with Gasteiger partial charge >= 0.3 is 0 Å². The van der Waals surface area contributed by atoms with Gasteiger partial charge in [-0.2, -0.15) is 0 Å². The minimum atomic E-state index is 0.645. The number of nitrogens with one attached hydrogen (secondary N) is 1. The summed E-state index contributed by atoms with van der Waals surface area (Å²) in [6.45, 7) is 7.16.